The Morgan fingerprint density at radius 3 is 2.43 bits per heavy atom. The number of phenols is 1. The Morgan fingerprint density at radius 1 is 0.957 bits per heavy atom. The van der Waals surface area contributed by atoms with Gasteiger partial charge in [0.15, 0.2) is 0 Å². The zero-order valence-corrected chi connectivity index (χ0v) is 13.7. The number of rotatable bonds is 3. The van der Waals surface area contributed by atoms with Gasteiger partial charge in [0.2, 0.25) is 0 Å². The highest BCUT2D eigenvalue weighted by molar-refractivity contribution is 5.84. The van der Waals surface area contributed by atoms with Crippen molar-refractivity contribution in [2.75, 3.05) is 26.2 Å². The summed E-state index contributed by atoms with van der Waals surface area (Å²) in [5, 5.41) is 15.5. The molecule has 2 N–H and O–H groups in total. The molecule has 0 aromatic heterocycles. The van der Waals surface area contributed by atoms with Crippen molar-refractivity contribution in [1.29, 1.82) is 0 Å². The molecule has 2 aromatic carbocycles. The second kappa shape index (κ2) is 6.50. The van der Waals surface area contributed by atoms with Crippen molar-refractivity contribution in [1.82, 2.24) is 10.2 Å². The fourth-order valence-electron chi connectivity index (χ4n) is 4.45. The molecule has 0 radical (unpaired) electrons. The molecule has 2 fully saturated rings. The lowest BCUT2D eigenvalue weighted by molar-refractivity contribution is 0.125. The van der Waals surface area contributed by atoms with Crippen LogP contribution >= 0.6 is 0 Å². The summed E-state index contributed by atoms with van der Waals surface area (Å²) in [7, 11) is 0. The first kappa shape index (κ1) is 15.0. The molecule has 0 unspecified atom stereocenters. The van der Waals surface area contributed by atoms with Crippen LogP contribution in [0.1, 0.15) is 37.3 Å². The van der Waals surface area contributed by atoms with E-state index in [0.29, 0.717) is 11.8 Å². The molecule has 3 heteroatoms. The molecule has 4 rings (SSSR count). The number of phenolic OH excluding ortho intramolecular Hbond substituents is 1. The maximum absolute atomic E-state index is 9.67. The standard InChI is InChI=1S/C20H26N2O/c23-19-8-7-16-13-18(6-5-17(16)14-19)20(15-3-1-2-4-15)22-11-9-21-10-12-22/h5-8,13-15,20-21,23H,1-4,9-12H2/t20-/m1/s1. The molecule has 1 aliphatic carbocycles. The first-order valence-corrected chi connectivity index (χ1v) is 8.99. The second-order valence-corrected chi connectivity index (χ2v) is 7.07. The minimum Gasteiger partial charge on any atom is -0.508 e. The molecule has 1 atom stereocenters. The minimum atomic E-state index is 0.347. The normalized spacial score (nSPS) is 21.7. The third-order valence-corrected chi connectivity index (χ3v) is 5.58. The number of hydrogen-bond donors (Lipinski definition) is 2. The summed E-state index contributed by atoms with van der Waals surface area (Å²) >= 11 is 0. The lowest BCUT2D eigenvalue weighted by atomic mass is 9.88. The van der Waals surface area contributed by atoms with Crippen molar-refractivity contribution in [3.8, 4) is 5.75 Å². The largest absolute Gasteiger partial charge is 0.508 e. The van der Waals surface area contributed by atoms with Crippen LogP contribution in [-0.4, -0.2) is 36.2 Å². The molecule has 0 amide bonds. The Kier molecular flexibility index (Phi) is 4.23. The molecule has 1 saturated carbocycles. The monoisotopic (exact) mass is 310 g/mol. The minimum absolute atomic E-state index is 0.347. The van der Waals surface area contributed by atoms with Gasteiger partial charge in [-0.25, -0.2) is 0 Å². The highest BCUT2D eigenvalue weighted by atomic mass is 16.3. The van der Waals surface area contributed by atoms with Crippen LogP contribution in [0.5, 0.6) is 5.75 Å². The Labute approximate surface area is 138 Å². The summed E-state index contributed by atoms with van der Waals surface area (Å²) in [5.74, 6) is 1.14. The predicted molar refractivity (Wildman–Crippen MR) is 94.8 cm³/mol. The molecule has 1 aliphatic heterocycles. The summed E-state index contributed by atoms with van der Waals surface area (Å²) in [6.07, 6.45) is 5.49. The van der Waals surface area contributed by atoms with Gasteiger partial charge in [-0.3, -0.25) is 4.90 Å². The Balaban J connectivity index is 1.70. The van der Waals surface area contributed by atoms with Gasteiger partial charge in [-0.1, -0.05) is 31.0 Å². The highest BCUT2D eigenvalue weighted by Gasteiger charge is 2.31. The summed E-state index contributed by atoms with van der Waals surface area (Å²) in [6, 6.07) is 13.0. The highest BCUT2D eigenvalue weighted by Crippen LogP contribution is 2.40. The maximum atomic E-state index is 9.67. The van der Waals surface area contributed by atoms with Crippen molar-refractivity contribution >= 4 is 10.8 Å². The van der Waals surface area contributed by atoms with E-state index in [2.05, 4.69) is 28.4 Å². The van der Waals surface area contributed by atoms with Crippen molar-refractivity contribution < 1.29 is 5.11 Å². The quantitative estimate of drug-likeness (QED) is 0.908. The van der Waals surface area contributed by atoms with Crippen molar-refractivity contribution in [2.24, 2.45) is 5.92 Å². The zero-order valence-electron chi connectivity index (χ0n) is 13.7. The van der Waals surface area contributed by atoms with E-state index in [-0.39, 0.29) is 0 Å². The van der Waals surface area contributed by atoms with Crippen LogP contribution in [0.4, 0.5) is 0 Å². The molecule has 1 saturated heterocycles. The van der Waals surface area contributed by atoms with E-state index in [1.54, 1.807) is 6.07 Å². The topological polar surface area (TPSA) is 35.5 Å². The van der Waals surface area contributed by atoms with Gasteiger partial charge in [-0.15, -0.1) is 0 Å². The smallest absolute Gasteiger partial charge is 0.116 e. The average Bonchev–Trinajstić information content (AvgIpc) is 3.10. The van der Waals surface area contributed by atoms with Crippen LogP contribution in [0.25, 0.3) is 10.8 Å². The molecule has 2 aromatic rings. The number of nitrogens with zero attached hydrogens (tertiary/aromatic N) is 1. The van der Waals surface area contributed by atoms with Gasteiger partial charge >= 0.3 is 0 Å². The third kappa shape index (κ3) is 3.08. The Hall–Kier alpha value is -1.58. The first-order chi connectivity index (χ1) is 11.3. The van der Waals surface area contributed by atoms with E-state index in [9.17, 15) is 5.11 Å². The van der Waals surface area contributed by atoms with Crippen molar-refractivity contribution in [3.63, 3.8) is 0 Å². The summed E-state index contributed by atoms with van der Waals surface area (Å²) in [6.45, 7) is 4.50. The van der Waals surface area contributed by atoms with Crippen molar-refractivity contribution in [3.05, 3.63) is 42.0 Å². The van der Waals surface area contributed by atoms with Gasteiger partial charge < -0.3 is 10.4 Å². The SMILES string of the molecule is Oc1ccc2cc([C@@H](C3CCCC3)N3CCNCC3)ccc2c1. The van der Waals surface area contributed by atoms with Crippen LogP contribution in [0.2, 0.25) is 0 Å². The molecular formula is C20H26N2O. The van der Waals surface area contributed by atoms with Gasteiger partial charge in [0.1, 0.15) is 5.75 Å². The number of nitrogens with one attached hydrogen (secondary N) is 1. The molecule has 23 heavy (non-hydrogen) atoms. The van der Waals surface area contributed by atoms with Gasteiger partial charge in [0.25, 0.3) is 0 Å². The summed E-state index contributed by atoms with van der Waals surface area (Å²) in [4.78, 5) is 2.69. The van der Waals surface area contributed by atoms with Crippen LogP contribution in [0.15, 0.2) is 36.4 Å². The lowest BCUT2D eigenvalue weighted by Gasteiger charge is -2.38. The maximum Gasteiger partial charge on any atom is 0.116 e. The molecule has 3 nitrogen and oxygen atoms in total. The number of aromatic hydroxyl groups is 1. The van der Waals surface area contributed by atoms with E-state index >= 15 is 0 Å². The van der Waals surface area contributed by atoms with E-state index in [1.807, 2.05) is 12.1 Å². The van der Waals surface area contributed by atoms with Crippen LogP contribution in [0.3, 0.4) is 0 Å². The van der Waals surface area contributed by atoms with Crippen molar-refractivity contribution in [2.45, 2.75) is 31.7 Å². The third-order valence-electron chi connectivity index (χ3n) is 5.58. The van der Waals surface area contributed by atoms with E-state index < -0.39 is 0 Å². The fourth-order valence-corrected chi connectivity index (χ4v) is 4.45. The molecule has 1 heterocycles. The molecule has 2 aliphatic rings. The summed E-state index contributed by atoms with van der Waals surface area (Å²) < 4.78 is 0. The van der Waals surface area contributed by atoms with E-state index in [0.717, 1.165) is 37.5 Å². The summed E-state index contributed by atoms with van der Waals surface area (Å²) in [5.41, 5.74) is 1.46. The average molecular weight is 310 g/mol. The second-order valence-electron chi connectivity index (χ2n) is 7.07. The van der Waals surface area contributed by atoms with Crippen LogP contribution < -0.4 is 5.32 Å². The first-order valence-electron chi connectivity index (χ1n) is 8.99. The number of piperazine rings is 1. The predicted octanol–water partition coefficient (Wildman–Crippen LogP) is 3.68. The molecule has 0 spiro atoms. The van der Waals surface area contributed by atoms with Gasteiger partial charge in [0.05, 0.1) is 0 Å². The molecule has 0 bridgehead atoms. The van der Waals surface area contributed by atoms with Crippen LogP contribution in [0, 0.1) is 5.92 Å². The van der Waals surface area contributed by atoms with E-state index in [4.69, 9.17) is 0 Å². The molecular weight excluding hydrogens is 284 g/mol. The number of fused-ring (bicyclic) bond motifs is 1. The Bertz CT molecular complexity index is 672. The zero-order chi connectivity index (χ0) is 15.6. The Morgan fingerprint density at radius 2 is 1.65 bits per heavy atom. The van der Waals surface area contributed by atoms with Gasteiger partial charge in [-0.2, -0.15) is 0 Å². The molecule has 122 valence electrons. The van der Waals surface area contributed by atoms with E-state index in [1.165, 1.54) is 36.6 Å². The fraction of sp³-hybridized carbons (Fsp3) is 0.500. The lowest BCUT2D eigenvalue weighted by Crippen LogP contribution is -2.46. The number of benzene rings is 2. The van der Waals surface area contributed by atoms with Gasteiger partial charge in [-0.05, 0) is 53.3 Å². The van der Waals surface area contributed by atoms with Crippen LogP contribution in [-0.2, 0) is 0 Å². The van der Waals surface area contributed by atoms with Gasteiger partial charge in [0, 0.05) is 32.2 Å². The number of hydrogen-bond acceptors (Lipinski definition) is 3.